The zero-order valence-corrected chi connectivity index (χ0v) is 11.0. The Hall–Kier alpha value is -2.12. The Bertz CT molecular complexity index is 573. The van der Waals surface area contributed by atoms with E-state index in [0.717, 1.165) is 6.08 Å². The predicted molar refractivity (Wildman–Crippen MR) is 71.7 cm³/mol. The van der Waals surface area contributed by atoms with Crippen LogP contribution in [0.1, 0.15) is 29.0 Å². The lowest BCUT2D eigenvalue weighted by Gasteiger charge is -2.09. The zero-order chi connectivity index (χ0) is 14.4. The van der Waals surface area contributed by atoms with Gasteiger partial charge in [0.25, 0.3) is 0 Å². The summed E-state index contributed by atoms with van der Waals surface area (Å²) in [6, 6.07) is 6.98. The largest absolute Gasteiger partial charge is 0.478 e. The molecule has 1 N–H and O–H groups in total. The first-order valence-corrected chi connectivity index (χ1v) is 5.94. The van der Waals surface area contributed by atoms with Crippen molar-refractivity contribution in [2.75, 3.05) is 0 Å². The number of hydrogen-bond acceptors (Lipinski definition) is 3. The Morgan fingerprint density at radius 1 is 1.53 bits per heavy atom. The average Bonchev–Trinajstić information content (AvgIpc) is 2.36. The number of Topliss-reactive ketones (excluding diaryl/α,β-unsaturated/α-hetero) is 1. The summed E-state index contributed by atoms with van der Waals surface area (Å²) in [5, 5.41) is 16.6. The first kappa shape index (κ1) is 14.9. The van der Waals surface area contributed by atoms with Gasteiger partial charge in [-0.3, -0.25) is 4.79 Å². The van der Waals surface area contributed by atoms with E-state index in [0.29, 0.717) is 16.7 Å². The quantitative estimate of drug-likeness (QED) is 0.663. The number of aliphatic carboxylic acids is 1. The van der Waals surface area contributed by atoms with E-state index in [-0.39, 0.29) is 12.2 Å². The minimum absolute atomic E-state index is 0.159. The van der Waals surface area contributed by atoms with Gasteiger partial charge in [0.1, 0.15) is 5.38 Å². The number of carbonyl (C=O) groups excluding carboxylic acids is 1. The molecule has 0 aliphatic rings. The van der Waals surface area contributed by atoms with Crippen molar-refractivity contribution in [2.24, 2.45) is 0 Å². The molecule has 0 saturated heterocycles. The fourth-order valence-electron chi connectivity index (χ4n) is 1.57. The van der Waals surface area contributed by atoms with Crippen molar-refractivity contribution in [3.63, 3.8) is 0 Å². The summed E-state index contributed by atoms with van der Waals surface area (Å²) in [5.74, 6) is -1.27. The van der Waals surface area contributed by atoms with Gasteiger partial charge in [-0.15, -0.1) is 11.6 Å². The van der Waals surface area contributed by atoms with Crippen LogP contribution < -0.4 is 0 Å². The molecule has 4 nitrogen and oxygen atoms in total. The first-order valence-electron chi connectivity index (χ1n) is 5.51. The molecule has 0 radical (unpaired) electrons. The van der Waals surface area contributed by atoms with Crippen LogP contribution in [-0.4, -0.2) is 16.9 Å². The Morgan fingerprint density at radius 3 is 2.74 bits per heavy atom. The lowest BCUT2D eigenvalue weighted by molar-refractivity contribution is -0.131. The SMILES string of the molecule is CC(=O)C(Cl)c1ccc(CC#N)c(/C=C/C(=O)O)c1. The normalized spacial score (nSPS) is 12.1. The van der Waals surface area contributed by atoms with Gasteiger partial charge >= 0.3 is 5.97 Å². The molecule has 0 aromatic heterocycles. The Labute approximate surface area is 115 Å². The van der Waals surface area contributed by atoms with Gasteiger partial charge in [0, 0.05) is 6.08 Å². The minimum Gasteiger partial charge on any atom is -0.478 e. The number of carboxylic acid groups (broad SMARTS) is 1. The Kier molecular flexibility index (Phi) is 5.28. The monoisotopic (exact) mass is 277 g/mol. The van der Waals surface area contributed by atoms with Crippen molar-refractivity contribution in [3.05, 3.63) is 41.0 Å². The van der Waals surface area contributed by atoms with Crippen LogP contribution in [0, 0.1) is 11.3 Å². The predicted octanol–water partition coefficient (Wildman–Crippen LogP) is 2.72. The maximum absolute atomic E-state index is 11.2. The molecule has 5 heteroatoms. The number of hydrogen-bond donors (Lipinski definition) is 1. The number of carboxylic acids is 1. The number of halogens is 1. The molecule has 1 atom stereocenters. The fourth-order valence-corrected chi connectivity index (χ4v) is 1.70. The average molecular weight is 278 g/mol. The summed E-state index contributed by atoms with van der Waals surface area (Å²) in [6.07, 6.45) is 2.53. The number of benzene rings is 1. The van der Waals surface area contributed by atoms with E-state index in [2.05, 4.69) is 0 Å². The van der Waals surface area contributed by atoms with Crippen LogP contribution in [0.15, 0.2) is 24.3 Å². The second-order valence-electron chi connectivity index (χ2n) is 3.94. The van der Waals surface area contributed by atoms with Crippen LogP contribution in [0.2, 0.25) is 0 Å². The third-order valence-electron chi connectivity index (χ3n) is 2.49. The van der Waals surface area contributed by atoms with Crippen LogP contribution in [0.4, 0.5) is 0 Å². The van der Waals surface area contributed by atoms with Crippen LogP contribution in [0.5, 0.6) is 0 Å². The molecule has 1 aromatic carbocycles. The molecule has 98 valence electrons. The molecular weight excluding hydrogens is 266 g/mol. The minimum atomic E-state index is -1.08. The number of rotatable bonds is 5. The molecule has 0 fully saturated rings. The Balaban J connectivity index is 3.22. The lowest BCUT2D eigenvalue weighted by atomic mass is 9.99. The summed E-state index contributed by atoms with van der Waals surface area (Å²) in [5.41, 5.74) is 1.85. The van der Waals surface area contributed by atoms with E-state index in [4.69, 9.17) is 22.0 Å². The third kappa shape index (κ3) is 4.23. The van der Waals surface area contributed by atoms with E-state index in [9.17, 15) is 9.59 Å². The van der Waals surface area contributed by atoms with Gasteiger partial charge in [-0.05, 0) is 35.8 Å². The van der Waals surface area contributed by atoms with Gasteiger partial charge in [-0.2, -0.15) is 5.26 Å². The van der Waals surface area contributed by atoms with Crippen LogP contribution in [-0.2, 0) is 16.0 Å². The summed E-state index contributed by atoms with van der Waals surface area (Å²) in [7, 11) is 0. The van der Waals surface area contributed by atoms with Crippen molar-refractivity contribution >= 4 is 29.4 Å². The van der Waals surface area contributed by atoms with Crippen molar-refractivity contribution in [1.82, 2.24) is 0 Å². The van der Waals surface area contributed by atoms with E-state index >= 15 is 0 Å². The van der Waals surface area contributed by atoms with E-state index in [1.54, 1.807) is 18.2 Å². The van der Waals surface area contributed by atoms with Crippen LogP contribution >= 0.6 is 11.6 Å². The number of nitrogens with zero attached hydrogens (tertiary/aromatic N) is 1. The highest BCUT2D eigenvalue weighted by Crippen LogP contribution is 2.25. The van der Waals surface area contributed by atoms with Gasteiger partial charge in [-0.1, -0.05) is 12.1 Å². The topological polar surface area (TPSA) is 78.2 Å². The van der Waals surface area contributed by atoms with Crippen molar-refractivity contribution < 1.29 is 14.7 Å². The smallest absolute Gasteiger partial charge is 0.328 e. The molecule has 1 rings (SSSR count). The molecule has 0 aliphatic carbocycles. The lowest BCUT2D eigenvalue weighted by Crippen LogP contribution is -2.02. The van der Waals surface area contributed by atoms with Gasteiger partial charge in [0.2, 0.25) is 0 Å². The molecule has 0 amide bonds. The van der Waals surface area contributed by atoms with Gasteiger partial charge in [0.05, 0.1) is 12.5 Å². The van der Waals surface area contributed by atoms with Crippen LogP contribution in [0.3, 0.4) is 0 Å². The molecule has 0 saturated carbocycles. The maximum atomic E-state index is 11.2. The second kappa shape index (κ2) is 6.72. The first-order chi connectivity index (χ1) is 8.95. The van der Waals surface area contributed by atoms with Crippen molar-refractivity contribution in [1.29, 1.82) is 5.26 Å². The molecule has 19 heavy (non-hydrogen) atoms. The molecular formula is C14H12ClNO3. The standard InChI is InChI=1S/C14H12ClNO3/c1-9(17)14(15)12-3-2-10(6-7-16)11(8-12)4-5-13(18)19/h2-5,8,14H,6H2,1H3,(H,18,19)/b5-4+. The summed E-state index contributed by atoms with van der Waals surface area (Å²) in [6.45, 7) is 1.38. The van der Waals surface area contributed by atoms with Gasteiger partial charge in [-0.25, -0.2) is 4.79 Å². The molecule has 0 heterocycles. The maximum Gasteiger partial charge on any atom is 0.328 e. The van der Waals surface area contributed by atoms with E-state index < -0.39 is 11.3 Å². The highest BCUT2D eigenvalue weighted by atomic mass is 35.5. The van der Waals surface area contributed by atoms with Gasteiger partial charge in [0.15, 0.2) is 5.78 Å². The van der Waals surface area contributed by atoms with Crippen molar-refractivity contribution in [2.45, 2.75) is 18.7 Å². The van der Waals surface area contributed by atoms with E-state index in [1.807, 2.05) is 6.07 Å². The summed E-state index contributed by atoms with van der Waals surface area (Å²) in [4.78, 5) is 21.8. The molecule has 0 aliphatic heterocycles. The number of alkyl halides is 1. The second-order valence-corrected chi connectivity index (χ2v) is 4.37. The van der Waals surface area contributed by atoms with Gasteiger partial charge < -0.3 is 5.11 Å². The fraction of sp³-hybridized carbons (Fsp3) is 0.214. The van der Waals surface area contributed by atoms with E-state index in [1.165, 1.54) is 13.0 Å². The molecule has 0 spiro atoms. The summed E-state index contributed by atoms with van der Waals surface area (Å²) < 4.78 is 0. The number of carbonyl (C=O) groups is 2. The number of ketones is 1. The van der Waals surface area contributed by atoms with Crippen molar-refractivity contribution in [3.8, 4) is 6.07 Å². The Morgan fingerprint density at radius 2 is 2.21 bits per heavy atom. The highest BCUT2D eigenvalue weighted by molar-refractivity contribution is 6.30. The molecule has 1 unspecified atom stereocenters. The molecule has 1 aromatic rings. The third-order valence-corrected chi connectivity index (χ3v) is 3.05. The zero-order valence-electron chi connectivity index (χ0n) is 10.3. The highest BCUT2D eigenvalue weighted by Gasteiger charge is 2.14. The molecule has 0 bridgehead atoms. The summed E-state index contributed by atoms with van der Waals surface area (Å²) >= 11 is 5.95. The van der Waals surface area contributed by atoms with Crippen LogP contribution in [0.25, 0.3) is 6.08 Å². The number of nitriles is 1.